The summed E-state index contributed by atoms with van der Waals surface area (Å²) in [6.45, 7) is 1.92. The molecular weight excluding hydrogens is 310 g/mol. The molecule has 23 heavy (non-hydrogen) atoms. The molecule has 2 aliphatic heterocycles. The van der Waals surface area contributed by atoms with Crippen LogP contribution in [0.25, 0.3) is 0 Å². The molecule has 0 radical (unpaired) electrons. The monoisotopic (exact) mass is 333 g/mol. The number of piperidine rings is 1. The van der Waals surface area contributed by atoms with Crippen LogP contribution in [0, 0.1) is 5.92 Å². The molecule has 124 valence electrons. The number of rotatable bonds is 3. The first kappa shape index (κ1) is 16.3. The van der Waals surface area contributed by atoms with Gasteiger partial charge in [0, 0.05) is 42.7 Å². The lowest BCUT2D eigenvalue weighted by Crippen LogP contribution is -2.45. The second-order valence-electron chi connectivity index (χ2n) is 6.27. The first-order valence-corrected chi connectivity index (χ1v) is 9.29. The summed E-state index contributed by atoms with van der Waals surface area (Å²) in [6.07, 6.45) is 4.04. The van der Waals surface area contributed by atoms with E-state index in [4.69, 9.17) is 5.73 Å². The highest BCUT2D eigenvalue weighted by molar-refractivity contribution is 7.98. The van der Waals surface area contributed by atoms with E-state index in [0.717, 1.165) is 23.4 Å². The molecule has 1 aromatic rings. The minimum atomic E-state index is -0.225. The number of amides is 2. The smallest absolute Gasteiger partial charge is 0.228 e. The van der Waals surface area contributed by atoms with E-state index in [1.54, 1.807) is 16.7 Å². The second kappa shape index (κ2) is 6.93. The van der Waals surface area contributed by atoms with Gasteiger partial charge < -0.3 is 15.5 Å². The lowest BCUT2D eigenvalue weighted by molar-refractivity contribution is -0.136. The molecule has 2 heterocycles. The molecule has 0 spiro atoms. The first-order chi connectivity index (χ1) is 11.1. The Bertz CT molecular complexity index is 582. The van der Waals surface area contributed by atoms with Gasteiger partial charge in [-0.25, -0.2) is 0 Å². The SMILES string of the molecule is CSc1ccc(N2CC(C(=O)N3CCC(N)CC3)CC2=O)cc1. The van der Waals surface area contributed by atoms with E-state index in [2.05, 4.69) is 0 Å². The number of anilines is 1. The molecule has 0 aromatic heterocycles. The molecule has 2 N–H and O–H groups in total. The predicted octanol–water partition coefficient (Wildman–Crippen LogP) is 1.71. The molecule has 0 saturated carbocycles. The number of benzene rings is 1. The van der Waals surface area contributed by atoms with E-state index in [9.17, 15) is 9.59 Å². The van der Waals surface area contributed by atoms with Crippen molar-refractivity contribution in [2.75, 3.05) is 30.8 Å². The van der Waals surface area contributed by atoms with Crippen LogP contribution in [0.2, 0.25) is 0 Å². The third-order valence-electron chi connectivity index (χ3n) is 4.71. The third kappa shape index (κ3) is 3.53. The summed E-state index contributed by atoms with van der Waals surface area (Å²) >= 11 is 1.67. The van der Waals surface area contributed by atoms with Gasteiger partial charge in [0.05, 0.1) is 5.92 Å². The van der Waals surface area contributed by atoms with Crippen molar-refractivity contribution in [3.63, 3.8) is 0 Å². The minimum absolute atomic E-state index is 0.0361. The van der Waals surface area contributed by atoms with E-state index in [-0.39, 0.29) is 23.8 Å². The molecule has 2 aliphatic rings. The molecule has 2 amide bonds. The largest absolute Gasteiger partial charge is 0.342 e. The van der Waals surface area contributed by atoms with Crippen molar-refractivity contribution in [3.05, 3.63) is 24.3 Å². The Morgan fingerprint density at radius 3 is 2.48 bits per heavy atom. The van der Waals surface area contributed by atoms with Crippen LogP contribution < -0.4 is 10.6 Å². The van der Waals surface area contributed by atoms with Gasteiger partial charge in [0.15, 0.2) is 0 Å². The van der Waals surface area contributed by atoms with Crippen molar-refractivity contribution in [2.45, 2.75) is 30.2 Å². The molecule has 0 aliphatic carbocycles. The van der Waals surface area contributed by atoms with Crippen molar-refractivity contribution in [1.29, 1.82) is 0 Å². The highest BCUT2D eigenvalue weighted by atomic mass is 32.2. The number of carbonyl (C=O) groups is 2. The summed E-state index contributed by atoms with van der Waals surface area (Å²) in [7, 11) is 0. The normalized spacial score (nSPS) is 22.7. The second-order valence-corrected chi connectivity index (χ2v) is 7.15. The summed E-state index contributed by atoms with van der Waals surface area (Å²) in [4.78, 5) is 29.7. The number of nitrogens with zero attached hydrogens (tertiary/aromatic N) is 2. The first-order valence-electron chi connectivity index (χ1n) is 8.07. The van der Waals surface area contributed by atoms with Crippen molar-refractivity contribution in [1.82, 2.24) is 4.90 Å². The Morgan fingerprint density at radius 1 is 1.22 bits per heavy atom. The quantitative estimate of drug-likeness (QED) is 0.855. The summed E-state index contributed by atoms with van der Waals surface area (Å²) in [6, 6.07) is 8.13. The van der Waals surface area contributed by atoms with Crippen molar-refractivity contribution in [3.8, 4) is 0 Å². The Labute approximate surface area is 141 Å². The number of hydrogen-bond donors (Lipinski definition) is 1. The molecule has 0 bridgehead atoms. The van der Waals surface area contributed by atoms with Gasteiger partial charge >= 0.3 is 0 Å². The zero-order valence-electron chi connectivity index (χ0n) is 13.4. The zero-order chi connectivity index (χ0) is 16.4. The van der Waals surface area contributed by atoms with Crippen molar-refractivity contribution in [2.24, 2.45) is 11.7 Å². The van der Waals surface area contributed by atoms with E-state index in [0.29, 0.717) is 26.1 Å². The van der Waals surface area contributed by atoms with Gasteiger partial charge in [-0.1, -0.05) is 0 Å². The molecule has 1 atom stereocenters. The van der Waals surface area contributed by atoms with Gasteiger partial charge in [-0.3, -0.25) is 9.59 Å². The molecular formula is C17H23N3O2S. The maximum Gasteiger partial charge on any atom is 0.228 e. The van der Waals surface area contributed by atoms with Crippen LogP contribution in [0.3, 0.4) is 0 Å². The van der Waals surface area contributed by atoms with E-state index >= 15 is 0 Å². The van der Waals surface area contributed by atoms with E-state index < -0.39 is 0 Å². The van der Waals surface area contributed by atoms with E-state index in [1.165, 1.54) is 0 Å². The van der Waals surface area contributed by atoms with Crippen LogP contribution >= 0.6 is 11.8 Å². The van der Waals surface area contributed by atoms with Crippen molar-refractivity contribution >= 4 is 29.3 Å². The fraction of sp³-hybridized carbons (Fsp3) is 0.529. The number of likely N-dealkylation sites (tertiary alicyclic amines) is 1. The standard InChI is InChI=1S/C17H23N3O2S/c1-23-15-4-2-14(3-5-15)20-11-12(10-16(20)21)17(22)19-8-6-13(18)7-9-19/h2-5,12-13H,6-11,18H2,1H3. The zero-order valence-corrected chi connectivity index (χ0v) is 14.2. The topological polar surface area (TPSA) is 66.6 Å². The maximum atomic E-state index is 12.6. The molecule has 3 rings (SSSR count). The number of nitrogens with two attached hydrogens (primary N) is 1. The Kier molecular flexibility index (Phi) is 4.92. The highest BCUT2D eigenvalue weighted by Gasteiger charge is 2.37. The molecule has 5 nitrogen and oxygen atoms in total. The third-order valence-corrected chi connectivity index (χ3v) is 5.45. The number of thioether (sulfide) groups is 1. The molecule has 1 aromatic carbocycles. The lowest BCUT2D eigenvalue weighted by Gasteiger charge is -2.31. The van der Waals surface area contributed by atoms with Gasteiger partial charge in [-0.15, -0.1) is 11.8 Å². The van der Waals surface area contributed by atoms with Crippen LogP contribution in [0.4, 0.5) is 5.69 Å². The number of hydrogen-bond acceptors (Lipinski definition) is 4. The average Bonchev–Trinajstić information content (AvgIpc) is 2.97. The van der Waals surface area contributed by atoms with Crippen LogP contribution in [0.1, 0.15) is 19.3 Å². The van der Waals surface area contributed by atoms with Crippen molar-refractivity contribution < 1.29 is 9.59 Å². The van der Waals surface area contributed by atoms with Crippen LogP contribution in [0.5, 0.6) is 0 Å². The summed E-state index contributed by atoms with van der Waals surface area (Å²) in [5.41, 5.74) is 6.77. The minimum Gasteiger partial charge on any atom is -0.342 e. The summed E-state index contributed by atoms with van der Waals surface area (Å²) in [5.74, 6) is -0.0838. The van der Waals surface area contributed by atoms with E-state index in [1.807, 2.05) is 35.4 Å². The fourth-order valence-corrected chi connectivity index (χ4v) is 3.67. The van der Waals surface area contributed by atoms with Crippen LogP contribution in [-0.4, -0.2) is 48.6 Å². The average molecular weight is 333 g/mol. The van der Waals surface area contributed by atoms with Gasteiger partial charge in [0.25, 0.3) is 0 Å². The summed E-state index contributed by atoms with van der Waals surface area (Å²) in [5, 5.41) is 0. The van der Waals surface area contributed by atoms with Gasteiger partial charge in [-0.2, -0.15) is 0 Å². The van der Waals surface area contributed by atoms with Gasteiger partial charge in [0.1, 0.15) is 0 Å². The maximum absolute atomic E-state index is 12.6. The number of carbonyl (C=O) groups excluding carboxylic acids is 2. The molecule has 2 fully saturated rings. The fourth-order valence-electron chi connectivity index (χ4n) is 3.26. The summed E-state index contributed by atoms with van der Waals surface area (Å²) < 4.78 is 0. The molecule has 1 unspecified atom stereocenters. The van der Waals surface area contributed by atoms with Crippen LogP contribution in [-0.2, 0) is 9.59 Å². The molecule has 6 heteroatoms. The lowest BCUT2D eigenvalue weighted by atomic mass is 10.0. The Hall–Kier alpha value is -1.53. The Morgan fingerprint density at radius 2 is 1.87 bits per heavy atom. The van der Waals surface area contributed by atoms with Gasteiger partial charge in [0.2, 0.25) is 11.8 Å². The Balaban J connectivity index is 1.65. The van der Waals surface area contributed by atoms with Gasteiger partial charge in [-0.05, 0) is 43.4 Å². The highest BCUT2D eigenvalue weighted by Crippen LogP contribution is 2.28. The molecule has 2 saturated heterocycles. The van der Waals surface area contributed by atoms with Crippen LogP contribution in [0.15, 0.2) is 29.2 Å². The predicted molar refractivity (Wildman–Crippen MR) is 92.5 cm³/mol.